The van der Waals surface area contributed by atoms with Crippen LogP contribution < -0.4 is 4.72 Å². The number of nitrogens with one attached hydrogen (secondary N) is 1. The fraction of sp³-hybridized carbons (Fsp3) is 0.278. The molecule has 3 aromatic rings. The van der Waals surface area contributed by atoms with E-state index in [0.29, 0.717) is 10.0 Å². The van der Waals surface area contributed by atoms with Crippen LogP contribution in [0.3, 0.4) is 0 Å². The molecule has 0 saturated heterocycles. The van der Waals surface area contributed by atoms with Crippen LogP contribution in [0.15, 0.2) is 29.2 Å². The molecule has 126 valence electrons. The summed E-state index contributed by atoms with van der Waals surface area (Å²) in [5.74, 6) is 0. The van der Waals surface area contributed by atoms with E-state index in [4.69, 9.17) is 0 Å². The van der Waals surface area contributed by atoms with Gasteiger partial charge in [-0.15, -0.1) is 0 Å². The first-order valence-corrected chi connectivity index (χ1v) is 9.97. The van der Waals surface area contributed by atoms with Crippen LogP contribution in [0, 0.1) is 34.6 Å². The Bertz CT molecular complexity index is 1020. The van der Waals surface area contributed by atoms with Gasteiger partial charge in [0.2, 0.25) is 0 Å². The normalized spacial score (nSPS) is 11.9. The highest BCUT2D eigenvalue weighted by Crippen LogP contribution is 2.32. The van der Waals surface area contributed by atoms with Crippen molar-refractivity contribution in [2.45, 2.75) is 39.5 Å². The summed E-state index contributed by atoms with van der Waals surface area (Å²) in [6.45, 7) is 9.53. The van der Waals surface area contributed by atoms with Gasteiger partial charge in [0, 0.05) is 0 Å². The van der Waals surface area contributed by atoms with Gasteiger partial charge in [0.05, 0.1) is 15.1 Å². The number of hydrogen-bond acceptors (Lipinski definition) is 4. The average molecular weight is 361 g/mol. The number of aromatic nitrogens is 1. The summed E-state index contributed by atoms with van der Waals surface area (Å²) in [5, 5.41) is 0.400. The van der Waals surface area contributed by atoms with Crippen LogP contribution in [0.2, 0.25) is 0 Å². The molecule has 6 heteroatoms. The Morgan fingerprint density at radius 2 is 1.58 bits per heavy atom. The van der Waals surface area contributed by atoms with Crippen molar-refractivity contribution in [3.8, 4) is 0 Å². The molecule has 1 aromatic heterocycles. The van der Waals surface area contributed by atoms with Crippen molar-refractivity contribution in [3.63, 3.8) is 0 Å². The van der Waals surface area contributed by atoms with E-state index >= 15 is 0 Å². The van der Waals surface area contributed by atoms with Crippen molar-refractivity contribution >= 4 is 36.7 Å². The van der Waals surface area contributed by atoms with E-state index in [1.807, 2.05) is 58.9 Å². The fourth-order valence-electron chi connectivity index (χ4n) is 2.88. The van der Waals surface area contributed by atoms with Crippen molar-refractivity contribution in [1.29, 1.82) is 0 Å². The third kappa shape index (κ3) is 2.80. The molecule has 24 heavy (non-hydrogen) atoms. The molecule has 0 saturated carbocycles. The van der Waals surface area contributed by atoms with Crippen molar-refractivity contribution in [1.82, 2.24) is 4.98 Å². The van der Waals surface area contributed by atoms with Crippen LogP contribution in [0.4, 0.5) is 5.13 Å². The molecule has 0 aliphatic carbocycles. The van der Waals surface area contributed by atoms with Crippen LogP contribution in [-0.4, -0.2) is 13.4 Å². The second-order valence-corrected chi connectivity index (χ2v) is 8.79. The zero-order chi connectivity index (χ0) is 17.6. The Morgan fingerprint density at radius 3 is 2.17 bits per heavy atom. The number of anilines is 1. The second-order valence-electron chi connectivity index (χ2n) is 6.14. The van der Waals surface area contributed by atoms with Crippen LogP contribution in [0.25, 0.3) is 10.2 Å². The smallest absolute Gasteiger partial charge is 0.255 e. The molecule has 0 spiro atoms. The number of para-hydroxylation sites is 1. The number of rotatable bonds is 3. The zero-order valence-electron chi connectivity index (χ0n) is 14.4. The highest BCUT2D eigenvalue weighted by molar-refractivity contribution is 7.93. The van der Waals surface area contributed by atoms with Crippen LogP contribution in [-0.2, 0) is 10.0 Å². The van der Waals surface area contributed by atoms with E-state index in [1.165, 1.54) is 11.3 Å². The van der Waals surface area contributed by atoms with Crippen molar-refractivity contribution in [3.05, 3.63) is 52.1 Å². The Morgan fingerprint density at radius 1 is 0.958 bits per heavy atom. The highest BCUT2D eigenvalue weighted by Gasteiger charge is 2.23. The van der Waals surface area contributed by atoms with Crippen molar-refractivity contribution in [2.24, 2.45) is 0 Å². The number of hydrogen-bond donors (Lipinski definition) is 1. The maximum Gasteiger partial charge on any atom is 0.264 e. The van der Waals surface area contributed by atoms with Crippen molar-refractivity contribution < 1.29 is 8.42 Å². The summed E-state index contributed by atoms with van der Waals surface area (Å²) in [4.78, 5) is 4.81. The van der Waals surface area contributed by atoms with Crippen LogP contribution in [0.5, 0.6) is 0 Å². The minimum Gasteiger partial charge on any atom is -0.255 e. The molecule has 4 nitrogen and oxygen atoms in total. The van der Waals surface area contributed by atoms with Gasteiger partial charge in [-0.2, -0.15) is 0 Å². The number of fused-ring (bicyclic) bond motifs is 1. The summed E-state index contributed by atoms with van der Waals surface area (Å²) < 4.78 is 29.6. The van der Waals surface area contributed by atoms with E-state index < -0.39 is 10.0 Å². The van der Waals surface area contributed by atoms with Gasteiger partial charge >= 0.3 is 0 Å². The second kappa shape index (κ2) is 5.86. The minimum absolute atomic E-state index is 0.357. The molecule has 0 unspecified atom stereocenters. The van der Waals surface area contributed by atoms with E-state index in [0.717, 1.165) is 38.0 Å². The number of aryl methyl sites for hydroxylation is 3. The van der Waals surface area contributed by atoms with Gasteiger partial charge in [-0.25, -0.2) is 13.4 Å². The van der Waals surface area contributed by atoms with Gasteiger partial charge in [0.15, 0.2) is 5.13 Å². The summed E-state index contributed by atoms with van der Waals surface area (Å²) in [6.07, 6.45) is 0. The largest absolute Gasteiger partial charge is 0.264 e. The summed E-state index contributed by atoms with van der Waals surface area (Å²) in [5.41, 5.74) is 5.38. The number of sulfonamides is 1. The molecule has 0 radical (unpaired) electrons. The Balaban J connectivity index is 2.10. The molecule has 1 heterocycles. The topological polar surface area (TPSA) is 59.1 Å². The first-order valence-electron chi connectivity index (χ1n) is 7.67. The number of thiazole rings is 1. The van der Waals surface area contributed by atoms with Gasteiger partial charge in [-0.05, 0) is 68.5 Å². The Kier molecular flexibility index (Phi) is 4.13. The van der Waals surface area contributed by atoms with Crippen molar-refractivity contribution in [2.75, 3.05) is 4.72 Å². The third-order valence-electron chi connectivity index (χ3n) is 4.41. The first kappa shape index (κ1) is 16.9. The van der Waals surface area contributed by atoms with Gasteiger partial charge in [0.25, 0.3) is 10.0 Å². The molecule has 0 atom stereocenters. The number of nitrogens with zero attached hydrogens (tertiary/aromatic N) is 1. The molecule has 0 fully saturated rings. The lowest BCUT2D eigenvalue weighted by molar-refractivity contribution is 0.599. The molecular weight excluding hydrogens is 340 g/mol. The molecule has 0 aliphatic heterocycles. The van der Waals surface area contributed by atoms with E-state index in [2.05, 4.69) is 9.71 Å². The van der Waals surface area contributed by atoms with Gasteiger partial charge in [-0.3, -0.25) is 4.72 Å². The van der Waals surface area contributed by atoms with E-state index in [1.54, 1.807) is 0 Å². The maximum absolute atomic E-state index is 13.0. The van der Waals surface area contributed by atoms with Crippen LogP contribution in [0.1, 0.15) is 27.8 Å². The molecular formula is C18H20N2O2S2. The summed E-state index contributed by atoms with van der Waals surface area (Å²) in [7, 11) is -3.68. The van der Waals surface area contributed by atoms with Gasteiger partial charge in [0.1, 0.15) is 0 Å². The van der Waals surface area contributed by atoms with Gasteiger partial charge < -0.3 is 0 Å². The standard InChI is InChI=1S/C18H20N2O2S2/c1-10-7-6-8-15-16(10)19-18(23-15)20-24(21,22)17-13(4)11(2)9-12(3)14(17)5/h6-9H,1-5H3,(H,19,20). The lowest BCUT2D eigenvalue weighted by atomic mass is 10.0. The quantitative estimate of drug-likeness (QED) is 0.740. The summed E-state index contributed by atoms with van der Waals surface area (Å²) in [6, 6.07) is 7.89. The zero-order valence-corrected chi connectivity index (χ0v) is 16.0. The molecule has 0 amide bonds. The summed E-state index contributed by atoms with van der Waals surface area (Å²) >= 11 is 1.35. The predicted octanol–water partition coefficient (Wildman–Crippen LogP) is 4.64. The lowest BCUT2D eigenvalue weighted by Crippen LogP contribution is -2.16. The maximum atomic E-state index is 13.0. The predicted molar refractivity (Wildman–Crippen MR) is 101 cm³/mol. The monoisotopic (exact) mass is 360 g/mol. The Hall–Kier alpha value is -1.92. The SMILES string of the molecule is Cc1cc(C)c(C)c(S(=O)(=O)Nc2nc3c(C)cccc3s2)c1C. The lowest BCUT2D eigenvalue weighted by Gasteiger charge is -2.15. The van der Waals surface area contributed by atoms with E-state index in [-0.39, 0.29) is 0 Å². The fourth-order valence-corrected chi connectivity index (χ4v) is 5.68. The minimum atomic E-state index is -3.68. The number of benzene rings is 2. The third-order valence-corrected chi connectivity index (χ3v) is 7.09. The molecule has 2 aromatic carbocycles. The molecule has 1 N–H and O–H groups in total. The Labute approximate surface area is 146 Å². The molecule has 0 bridgehead atoms. The molecule has 3 rings (SSSR count). The first-order chi connectivity index (χ1) is 11.2. The average Bonchev–Trinajstić information content (AvgIpc) is 2.88. The van der Waals surface area contributed by atoms with Crippen LogP contribution >= 0.6 is 11.3 Å². The molecule has 0 aliphatic rings. The van der Waals surface area contributed by atoms with Gasteiger partial charge in [-0.1, -0.05) is 29.5 Å². The van der Waals surface area contributed by atoms with E-state index in [9.17, 15) is 8.42 Å². The highest BCUT2D eigenvalue weighted by atomic mass is 32.2.